The molecule has 1 N–H and O–H groups in total. The van der Waals surface area contributed by atoms with E-state index in [4.69, 9.17) is 4.74 Å². The van der Waals surface area contributed by atoms with Crippen molar-refractivity contribution in [3.8, 4) is 5.75 Å². The smallest absolute Gasteiger partial charge is 0.265 e. The number of carbonyl (C=O) groups is 1. The number of hydrogen-bond donors (Lipinski definition) is 1. The van der Waals surface area contributed by atoms with Crippen LogP contribution in [0.3, 0.4) is 0 Å². The standard InChI is InChI=1S/C21H24N6O3/c1-14(19(28)24-15-7-6-8-16(11-15)30-2)27-13-23-18-17(20(27)29)12-22-21(25-18)26-9-4-3-5-10-26/h6-8,11-14H,3-5,9-10H2,1-2H3,(H,24,28)/t14-/m0/s1. The van der Waals surface area contributed by atoms with Gasteiger partial charge in [0.25, 0.3) is 5.56 Å². The Labute approximate surface area is 173 Å². The van der Waals surface area contributed by atoms with E-state index in [2.05, 4.69) is 25.2 Å². The van der Waals surface area contributed by atoms with Gasteiger partial charge in [-0.05, 0) is 38.3 Å². The maximum atomic E-state index is 12.9. The largest absolute Gasteiger partial charge is 0.497 e. The zero-order valence-corrected chi connectivity index (χ0v) is 17.0. The predicted octanol–water partition coefficient (Wildman–Crippen LogP) is 2.39. The minimum absolute atomic E-state index is 0.291. The molecule has 0 bridgehead atoms. The number of piperidine rings is 1. The van der Waals surface area contributed by atoms with Gasteiger partial charge in [0.15, 0.2) is 5.65 Å². The number of rotatable bonds is 5. The molecule has 2 aromatic heterocycles. The van der Waals surface area contributed by atoms with Crippen LogP contribution in [0.2, 0.25) is 0 Å². The minimum Gasteiger partial charge on any atom is -0.497 e. The van der Waals surface area contributed by atoms with Crippen molar-refractivity contribution in [3.05, 3.63) is 47.1 Å². The van der Waals surface area contributed by atoms with Crippen molar-refractivity contribution in [2.45, 2.75) is 32.2 Å². The van der Waals surface area contributed by atoms with E-state index in [-0.39, 0.29) is 11.5 Å². The minimum atomic E-state index is -0.762. The molecule has 0 aliphatic carbocycles. The number of ether oxygens (including phenoxy) is 1. The van der Waals surface area contributed by atoms with Gasteiger partial charge in [0, 0.05) is 31.0 Å². The van der Waals surface area contributed by atoms with E-state index in [1.54, 1.807) is 38.3 Å². The molecular formula is C21H24N6O3. The molecule has 0 spiro atoms. The van der Waals surface area contributed by atoms with Gasteiger partial charge in [-0.15, -0.1) is 0 Å². The average Bonchev–Trinajstić information content (AvgIpc) is 2.79. The molecule has 9 nitrogen and oxygen atoms in total. The lowest BCUT2D eigenvalue weighted by Gasteiger charge is -2.26. The fourth-order valence-electron chi connectivity index (χ4n) is 3.52. The normalized spacial score (nSPS) is 15.1. The summed E-state index contributed by atoms with van der Waals surface area (Å²) in [7, 11) is 1.56. The Bertz CT molecular complexity index is 1120. The second-order valence-electron chi connectivity index (χ2n) is 7.31. The molecule has 9 heteroatoms. The highest BCUT2D eigenvalue weighted by atomic mass is 16.5. The first-order valence-corrected chi connectivity index (χ1v) is 10.0. The molecule has 1 atom stereocenters. The van der Waals surface area contributed by atoms with Crippen molar-refractivity contribution in [2.24, 2.45) is 0 Å². The van der Waals surface area contributed by atoms with Crippen LogP contribution < -0.4 is 20.5 Å². The summed E-state index contributed by atoms with van der Waals surface area (Å²) in [6.07, 6.45) is 6.30. The topological polar surface area (TPSA) is 102 Å². The van der Waals surface area contributed by atoms with Crippen LogP contribution in [-0.4, -0.2) is 45.6 Å². The predicted molar refractivity (Wildman–Crippen MR) is 114 cm³/mol. The van der Waals surface area contributed by atoms with Crippen LogP contribution in [0.1, 0.15) is 32.2 Å². The zero-order valence-electron chi connectivity index (χ0n) is 17.0. The Hall–Kier alpha value is -3.49. The summed E-state index contributed by atoms with van der Waals surface area (Å²) < 4.78 is 6.46. The van der Waals surface area contributed by atoms with Crippen molar-refractivity contribution in [2.75, 3.05) is 30.4 Å². The molecular weight excluding hydrogens is 384 g/mol. The number of nitrogens with zero attached hydrogens (tertiary/aromatic N) is 5. The van der Waals surface area contributed by atoms with E-state index in [0.717, 1.165) is 25.9 Å². The van der Waals surface area contributed by atoms with E-state index in [1.165, 1.54) is 23.5 Å². The summed E-state index contributed by atoms with van der Waals surface area (Å²) in [5.41, 5.74) is 0.577. The number of carbonyl (C=O) groups excluding carboxylic acids is 1. The summed E-state index contributed by atoms with van der Waals surface area (Å²) in [5, 5.41) is 3.09. The van der Waals surface area contributed by atoms with E-state index < -0.39 is 6.04 Å². The number of nitrogens with one attached hydrogen (secondary N) is 1. The maximum Gasteiger partial charge on any atom is 0.265 e. The Kier molecular flexibility index (Phi) is 5.60. The molecule has 1 aromatic carbocycles. The third-order valence-electron chi connectivity index (χ3n) is 5.30. The summed E-state index contributed by atoms with van der Waals surface area (Å²) in [6.45, 7) is 3.46. The first-order valence-electron chi connectivity index (χ1n) is 10.0. The van der Waals surface area contributed by atoms with Crippen LogP contribution in [0, 0.1) is 0 Å². The molecule has 3 heterocycles. The van der Waals surface area contributed by atoms with Crippen LogP contribution in [-0.2, 0) is 4.79 Å². The number of methoxy groups -OCH3 is 1. The first-order chi connectivity index (χ1) is 14.6. The molecule has 156 valence electrons. The highest BCUT2D eigenvalue weighted by Crippen LogP contribution is 2.19. The fraction of sp³-hybridized carbons (Fsp3) is 0.381. The van der Waals surface area contributed by atoms with Crippen molar-refractivity contribution >= 4 is 28.6 Å². The van der Waals surface area contributed by atoms with E-state index in [9.17, 15) is 9.59 Å². The van der Waals surface area contributed by atoms with Crippen molar-refractivity contribution in [1.82, 2.24) is 19.5 Å². The second-order valence-corrected chi connectivity index (χ2v) is 7.31. The highest BCUT2D eigenvalue weighted by molar-refractivity contribution is 5.93. The molecule has 4 rings (SSSR count). The fourth-order valence-corrected chi connectivity index (χ4v) is 3.52. The Morgan fingerprint density at radius 2 is 2.00 bits per heavy atom. The van der Waals surface area contributed by atoms with E-state index >= 15 is 0 Å². The van der Waals surface area contributed by atoms with Crippen LogP contribution in [0.4, 0.5) is 11.6 Å². The molecule has 1 amide bonds. The number of hydrogen-bond acceptors (Lipinski definition) is 7. The Morgan fingerprint density at radius 1 is 1.20 bits per heavy atom. The summed E-state index contributed by atoms with van der Waals surface area (Å²) in [5.74, 6) is 0.889. The van der Waals surface area contributed by atoms with Gasteiger partial charge in [-0.25, -0.2) is 9.97 Å². The van der Waals surface area contributed by atoms with Gasteiger partial charge in [0.1, 0.15) is 23.5 Å². The maximum absolute atomic E-state index is 12.9. The second kappa shape index (κ2) is 8.48. The van der Waals surface area contributed by atoms with Crippen LogP contribution >= 0.6 is 0 Å². The summed E-state index contributed by atoms with van der Waals surface area (Å²) >= 11 is 0. The number of anilines is 2. The molecule has 3 aromatic rings. The number of benzene rings is 1. The van der Waals surface area contributed by atoms with Crippen LogP contribution in [0.5, 0.6) is 5.75 Å². The molecule has 1 aliphatic heterocycles. The van der Waals surface area contributed by atoms with Gasteiger partial charge in [0.2, 0.25) is 11.9 Å². The monoisotopic (exact) mass is 408 g/mol. The van der Waals surface area contributed by atoms with Crippen molar-refractivity contribution in [1.29, 1.82) is 0 Å². The lowest BCUT2D eigenvalue weighted by Crippen LogP contribution is -2.33. The van der Waals surface area contributed by atoms with Crippen molar-refractivity contribution in [3.63, 3.8) is 0 Å². The summed E-state index contributed by atoms with van der Waals surface area (Å²) in [6, 6.07) is 6.27. The first kappa shape index (κ1) is 19.8. The molecule has 30 heavy (non-hydrogen) atoms. The van der Waals surface area contributed by atoms with Gasteiger partial charge in [-0.3, -0.25) is 14.2 Å². The van der Waals surface area contributed by atoms with Gasteiger partial charge in [0.05, 0.1) is 7.11 Å². The summed E-state index contributed by atoms with van der Waals surface area (Å²) in [4.78, 5) is 40.9. The van der Waals surface area contributed by atoms with Crippen molar-refractivity contribution < 1.29 is 9.53 Å². The van der Waals surface area contributed by atoms with Gasteiger partial charge < -0.3 is 15.0 Å². The van der Waals surface area contributed by atoms with E-state index in [1.807, 2.05) is 0 Å². The molecule has 1 aliphatic rings. The lowest BCUT2D eigenvalue weighted by atomic mass is 10.1. The number of aromatic nitrogens is 4. The van der Waals surface area contributed by atoms with Gasteiger partial charge in [-0.1, -0.05) is 6.07 Å². The molecule has 0 saturated carbocycles. The lowest BCUT2D eigenvalue weighted by molar-refractivity contribution is -0.118. The van der Waals surface area contributed by atoms with Crippen LogP contribution in [0.25, 0.3) is 11.0 Å². The average molecular weight is 408 g/mol. The molecule has 0 radical (unpaired) electrons. The Balaban J connectivity index is 1.57. The SMILES string of the molecule is COc1cccc(NC(=O)[C@H](C)n2cnc3nc(N4CCCCC4)ncc3c2=O)c1. The quantitative estimate of drug-likeness (QED) is 0.691. The molecule has 1 saturated heterocycles. The highest BCUT2D eigenvalue weighted by Gasteiger charge is 2.20. The van der Waals surface area contributed by atoms with Gasteiger partial charge >= 0.3 is 0 Å². The number of amides is 1. The third kappa shape index (κ3) is 3.96. The van der Waals surface area contributed by atoms with Crippen LogP contribution in [0.15, 0.2) is 41.6 Å². The number of fused-ring (bicyclic) bond motifs is 1. The molecule has 1 fully saturated rings. The molecule has 0 unspecified atom stereocenters. The van der Waals surface area contributed by atoms with Gasteiger partial charge in [-0.2, -0.15) is 4.98 Å². The zero-order chi connectivity index (χ0) is 21.1. The van der Waals surface area contributed by atoms with E-state index in [0.29, 0.717) is 28.4 Å². The Morgan fingerprint density at radius 3 is 2.77 bits per heavy atom. The third-order valence-corrected chi connectivity index (χ3v) is 5.30.